The van der Waals surface area contributed by atoms with Crippen molar-refractivity contribution in [3.8, 4) is 0 Å². The van der Waals surface area contributed by atoms with E-state index < -0.39 is 5.97 Å². The molecule has 0 aromatic heterocycles. The summed E-state index contributed by atoms with van der Waals surface area (Å²) in [6.45, 7) is 6.33. The third kappa shape index (κ3) is 5.73. The summed E-state index contributed by atoms with van der Waals surface area (Å²) < 4.78 is 0. The minimum Gasteiger partial charge on any atom is -0.481 e. The number of amides is 2. The summed E-state index contributed by atoms with van der Waals surface area (Å²) in [5, 5.41) is 14.0. The zero-order valence-electron chi connectivity index (χ0n) is 12.2. The Balaban J connectivity index is 2.43. The molecular formula is C15H22N2O3. The average molecular weight is 278 g/mol. The van der Waals surface area contributed by atoms with E-state index in [0.29, 0.717) is 13.0 Å². The van der Waals surface area contributed by atoms with Gasteiger partial charge in [-0.25, -0.2) is 4.79 Å². The van der Waals surface area contributed by atoms with Gasteiger partial charge < -0.3 is 15.7 Å². The van der Waals surface area contributed by atoms with Crippen LogP contribution in [0.25, 0.3) is 0 Å². The lowest BCUT2D eigenvalue weighted by atomic mass is 10.0. The number of benzene rings is 1. The highest BCUT2D eigenvalue weighted by Crippen LogP contribution is 2.16. The SMILES string of the molecule is Cc1cc(C)cc(C(C)NC(=O)NCCCC(=O)O)c1. The molecule has 0 radical (unpaired) electrons. The highest BCUT2D eigenvalue weighted by molar-refractivity contribution is 5.74. The molecule has 5 nitrogen and oxygen atoms in total. The highest BCUT2D eigenvalue weighted by Gasteiger charge is 2.09. The third-order valence-corrected chi connectivity index (χ3v) is 2.94. The first-order valence-corrected chi connectivity index (χ1v) is 6.73. The summed E-state index contributed by atoms with van der Waals surface area (Å²) in [7, 11) is 0. The smallest absolute Gasteiger partial charge is 0.315 e. The Kier molecular flexibility index (Phi) is 6.03. The van der Waals surface area contributed by atoms with Gasteiger partial charge in [-0.1, -0.05) is 29.3 Å². The molecule has 0 aliphatic carbocycles. The van der Waals surface area contributed by atoms with Gasteiger partial charge in [-0.15, -0.1) is 0 Å². The van der Waals surface area contributed by atoms with Crippen molar-refractivity contribution in [2.75, 3.05) is 6.54 Å². The van der Waals surface area contributed by atoms with Gasteiger partial charge >= 0.3 is 12.0 Å². The summed E-state index contributed by atoms with van der Waals surface area (Å²) in [6.07, 6.45) is 0.494. The van der Waals surface area contributed by atoms with Crippen LogP contribution in [0.5, 0.6) is 0 Å². The molecule has 20 heavy (non-hydrogen) atoms. The zero-order chi connectivity index (χ0) is 15.1. The van der Waals surface area contributed by atoms with Crippen molar-refractivity contribution in [3.05, 3.63) is 34.9 Å². The summed E-state index contributed by atoms with van der Waals surface area (Å²) in [5.74, 6) is -0.851. The van der Waals surface area contributed by atoms with Gasteiger partial charge in [-0.3, -0.25) is 4.79 Å². The minimum atomic E-state index is -0.851. The molecule has 0 aliphatic rings. The van der Waals surface area contributed by atoms with Crippen LogP contribution >= 0.6 is 0 Å². The van der Waals surface area contributed by atoms with Crippen molar-refractivity contribution in [1.82, 2.24) is 10.6 Å². The molecule has 5 heteroatoms. The summed E-state index contributed by atoms with van der Waals surface area (Å²) in [6, 6.07) is 5.81. The van der Waals surface area contributed by atoms with Gasteiger partial charge in [0.25, 0.3) is 0 Å². The van der Waals surface area contributed by atoms with Gasteiger partial charge in [-0.05, 0) is 32.8 Å². The van der Waals surface area contributed by atoms with E-state index in [1.165, 1.54) is 0 Å². The number of carboxylic acids is 1. The number of carboxylic acid groups (broad SMARTS) is 1. The van der Waals surface area contributed by atoms with Crippen LogP contribution in [0.15, 0.2) is 18.2 Å². The number of hydrogen-bond acceptors (Lipinski definition) is 2. The number of carbonyl (C=O) groups is 2. The fourth-order valence-electron chi connectivity index (χ4n) is 2.03. The Bertz CT molecular complexity index is 466. The Morgan fingerprint density at radius 2 is 1.80 bits per heavy atom. The maximum Gasteiger partial charge on any atom is 0.315 e. The molecule has 0 saturated heterocycles. The summed E-state index contributed by atoms with van der Waals surface area (Å²) in [5.41, 5.74) is 3.38. The van der Waals surface area contributed by atoms with Crippen LogP contribution in [0.3, 0.4) is 0 Å². The van der Waals surface area contributed by atoms with E-state index in [4.69, 9.17) is 5.11 Å². The highest BCUT2D eigenvalue weighted by atomic mass is 16.4. The fraction of sp³-hybridized carbons (Fsp3) is 0.467. The number of urea groups is 1. The second-order valence-electron chi connectivity index (χ2n) is 5.04. The first-order chi connectivity index (χ1) is 9.38. The van der Waals surface area contributed by atoms with Crippen molar-refractivity contribution in [1.29, 1.82) is 0 Å². The quantitative estimate of drug-likeness (QED) is 0.700. The van der Waals surface area contributed by atoms with Crippen molar-refractivity contribution in [2.24, 2.45) is 0 Å². The maximum atomic E-state index is 11.7. The topological polar surface area (TPSA) is 78.4 Å². The molecule has 1 unspecified atom stereocenters. The van der Waals surface area contributed by atoms with E-state index >= 15 is 0 Å². The monoisotopic (exact) mass is 278 g/mol. The van der Waals surface area contributed by atoms with E-state index in [2.05, 4.69) is 16.7 Å². The molecule has 3 N–H and O–H groups in total. The van der Waals surface area contributed by atoms with Crippen molar-refractivity contribution < 1.29 is 14.7 Å². The molecule has 2 amide bonds. The molecule has 0 heterocycles. The maximum absolute atomic E-state index is 11.7. The van der Waals surface area contributed by atoms with Crippen molar-refractivity contribution in [2.45, 2.75) is 39.7 Å². The minimum absolute atomic E-state index is 0.0624. The Morgan fingerprint density at radius 3 is 2.35 bits per heavy atom. The van der Waals surface area contributed by atoms with E-state index in [0.717, 1.165) is 16.7 Å². The van der Waals surface area contributed by atoms with Crippen molar-refractivity contribution >= 4 is 12.0 Å². The zero-order valence-corrected chi connectivity index (χ0v) is 12.2. The van der Waals surface area contributed by atoms with Gasteiger partial charge in [-0.2, -0.15) is 0 Å². The number of carbonyl (C=O) groups excluding carboxylic acids is 1. The van der Waals surface area contributed by atoms with Crippen LogP contribution in [-0.4, -0.2) is 23.7 Å². The molecule has 0 fully saturated rings. The first kappa shape index (κ1) is 16.0. The number of nitrogens with one attached hydrogen (secondary N) is 2. The van der Waals surface area contributed by atoms with Crippen LogP contribution in [0, 0.1) is 13.8 Å². The fourth-order valence-corrected chi connectivity index (χ4v) is 2.03. The van der Waals surface area contributed by atoms with Crippen LogP contribution in [0.1, 0.15) is 42.5 Å². The lowest BCUT2D eigenvalue weighted by Crippen LogP contribution is -2.37. The van der Waals surface area contributed by atoms with E-state index in [-0.39, 0.29) is 18.5 Å². The second-order valence-corrected chi connectivity index (χ2v) is 5.04. The third-order valence-electron chi connectivity index (χ3n) is 2.94. The molecular weight excluding hydrogens is 256 g/mol. The molecule has 1 rings (SSSR count). The normalized spacial score (nSPS) is 11.8. The van der Waals surface area contributed by atoms with E-state index in [1.54, 1.807) is 0 Å². The Morgan fingerprint density at radius 1 is 1.20 bits per heavy atom. The number of aliphatic carboxylic acids is 1. The standard InChI is InChI=1S/C15H22N2O3/c1-10-7-11(2)9-13(8-10)12(3)17-15(20)16-6-4-5-14(18)19/h7-9,12H,4-6H2,1-3H3,(H,18,19)(H2,16,17,20). The molecule has 110 valence electrons. The number of rotatable bonds is 6. The average Bonchev–Trinajstić information content (AvgIpc) is 2.33. The molecule has 0 aliphatic heterocycles. The lowest BCUT2D eigenvalue weighted by molar-refractivity contribution is -0.137. The second kappa shape index (κ2) is 7.53. The van der Waals surface area contributed by atoms with Crippen LogP contribution < -0.4 is 10.6 Å². The summed E-state index contributed by atoms with van der Waals surface area (Å²) >= 11 is 0. The van der Waals surface area contributed by atoms with Gasteiger partial charge in [0.1, 0.15) is 0 Å². The van der Waals surface area contributed by atoms with Gasteiger partial charge in [0.2, 0.25) is 0 Å². The van der Waals surface area contributed by atoms with Crippen molar-refractivity contribution in [3.63, 3.8) is 0 Å². The predicted molar refractivity (Wildman–Crippen MR) is 77.7 cm³/mol. The van der Waals surface area contributed by atoms with Gasteiger partial charge in [0.15, 0.2) is 0 Å². The molecule has 0 saturated carbocycles. The van der Waals surface area contributed by atoms with Crippen LogP contribution in [0.4, 0.5) is 4.79 Å². The van der Waals surface area contributed by atoms with Crippen LogP contribution in [-0.2, 0) is 4.79 Å². The van der Waals surface area contributed by atoms with Gasteiger partial charge in [0, 0.05) is 13.0 Å². The predicted octanol–water partition coefficient (Wildman–Crippen LogP) is 2.53. The van der Waals surface area contributed by atoms with Gasteiger partial charge in [0.05, 0.1) is 6.04 Å². The molecule has 1 aromatic carbocycles. The Labute approximate surface area is 119 Å². The largest absolute Gasteiger partial charge is 0.481 e. The summed E-state index contributed by atoms with van der Waals surface area (Å²) in [4.78, 5) is 22.0. The molecule has 1 aromatic rings. The van der Waals surface area contributed by atoms with E-state index in [1.807, 2.05) is 32.9 Å². The number of hydrogen-bond donors (Lipinski definition) is 3. The number of aryl methyl sites for hydroxylation is 2. The molecule has 0 bridgehead atoms. The molecule has 0 spiro atoms. The Hall–Kier alpha value is -2.04. The first-order valence-electron chi connectivity index (χ1n) is 6.73. The van der Waals surface area contributed by atoms with E-state index in [9.17, 15) is 9.59 Å². The lowest BCUT2D eigenvalue weighted by Gasteiger charge is -2.16. The molecule has 1 atom stereocenters. The van der Waals surface area contributed by atoms with Crippen LogP contribution in [0.2, 0.25) is 0 Å².